The number of aromatic nitrogens is 2. The molecule has 0 spiro atoms. The number of nitrogens with one attached hydrogen (secondary N) is 1. The van der Waals surface area contributed by atoms with E-state index in [1.807, 2.05) is 33.4 Å². The molecule has 2 heterocycles. The Labute approximate surface area is 178 Å². The third-order valence-corrected chi connectivity index (χ3v) is 6.60. The molecule has 1 unspecified atom stereocenters. The van der Waals surface area contributed by atoms with Gasteiger partial charge in [-0.25, -0.2) is 4.79 Å². The molecule has 3 aromatic rings. The number of methoxy groups -OCH3 is 1. The van der Waals surface area contributed by atoms with Crippen molar-refractivity contribution in [3.8, 4) is 5.75 Å². The molecule has 1 aliphatic heterocycles. The average molecular weight is 457 g/mol. The van der Waals surface area contributed by atoms with Crippen molar-refractivity contribution in [1.29, 1.82) is 0 Å². The van der Waals surface area contributed by atoms with Gasteiger partial charge in [0.25, 0.3) is 0 Å². The van der Waals surface area contributed by atoms with Crippen molar-refractivity contribution in [1.82, 2.24) is 19.4 Å². The van der Waals surface area contributed by atoms with Crippen LogP contribution in [0.15, 0.2) is 51.7 Å². The fourth-order valence-electron chi connectivity index (χ4n) is 4.35. The van der Waals surface area contributed by atoms with Crippen LogP contribution in [0.5, 0.6) is 5.75 Å². The lowest BCUT2D eigenvalue weighted by Gasteiger charge is -2.36. The van der Waals surface area contributed by atoms with E-state index in [1.54, 1.807) is 7.11 Å². The van der Waals surface area contributed by atoms with Crippen molar-refractivity contribution >= 4 is 27.0 Å². The molecule has 1 aromatic heterocycles. The maximum absolute atomic E-state index is 13.5. The van der Waals surface area contributed by atoms with Gasteiger partial charge >= 0.3 is 5.69 Å². The summed E-state index contributed by atoms with van der Waals surface area (Å²) >= 11 is 3.68. The number of hydrogen-bond acceptors (Lipinski definition) is 4. The van der Waals surface area contributed by atoms with Crippen molar-refractivity contribution in [3.63, 3.8) is 0 Å². The SMILES string of the molecule is COc1ccc(CN2CCNCC2n2c(=O)n(C3CC3)c3c(Br)cccc32)cc1. The minimum Gasteiger partial charge on any atom is -0.497 e. The topological polar surface area (TPSA) is 51.4 Å². The first-order valence-electron chi connectivity index (χ1n) is 10.2. The van der Waals surface area contributed by atoms with Crippen LogP contribution in [-0.4, -0.2) is 40.8 Å². The van der Waals surface area contributed by atoms with Crippen molar-refractivity contribution in [2.45, 2.75) is 31.6 Å². The highest BCUT2D eigenvalue weighted by atomic mass is 79.9. The molecule has 0 amide bonds. The smallest absolute Gasteiger partial charge is 0.330 e. The van der Waals surface area contributed by atoms with E-state index in [0.717, 1.165) is 60.3 Å². The normalized spacial score (nSPS) is 20.3. The van der Waals surface area contributed by atoms with Crippen molar-refractivity contribution in [2.24, 2.45) is 0 Å². The summed E-state index contributed by atoms with van der Waals surface area (Å²) in [4.78, 5) is 15.9. The monoisotopic (exact) mass is 456 g/mol. The van der Waals surface area contributed by atoms with Gasteiger partial charge in [-0.15, -0.1) is 0 Å². The van der Waals surface area contributed by atoms with Gasteiger partial charge in [-0.3, -0.25) is 14.0 Å². The Morgan fingerprint density at radius 1 is 1.14 bits per heavy atom. The Morgan fingerprint density at radius 2 is 1.93 bits per heavy atom. The Kier molecular flexibility index (Phi) is 4.97. The lowest BCUT2D eigenvalue weighted by atomic mass is 10.1. The molecule has 0 bridgehead atoms. The van der Waals surface area contributed by atoms with E-state index in [-0.39, 0.29) is 11.9 Å². The average Bonchev–Trinajstić information content (AvgIpc) is 3.53. The van der Waals surface area contributed by atoms with E-state index in [9.17, 15) is 4.79 Å². The van der Waals surface area contributed by atoms with Crippen LogP contribution in [0.4, 0.5) is 0 Å². The molecule has 152 valence electrons. The van der Waals surface area contributed by atoms with Gasteiger partial charge in [-0.2, -0.15) is 0 Å². The van der Waals surface area contributed by atoms with E-state index in [4.69, 9.17) is 4.74 Å². The molecule has 1 saturated heterocycles. The summed E-state index contributed by atoms with van der Waals surface area (Å²) < 4.78 is 10.3. The third kappa shape index (κ3) is 3.41. The standard InChI is InChI=1S/C22H25BrN4O2/c1-29-17-9-5-15(6-10-17)14-25-12-11-24-13-20(25)27-19-4-2-3-18(23)21(19)26(22(27)28)16-7-8-16/h2-6,9-10,16,20,24H,7-8,11-14H2,1H3. The number of benzene rings is 2. The second kappa shape index (κ2) is 7.63. The Bertz CT molecular complexity index is 1080. The van der Waals surface area contributed by atoms with Gasteiger partial charge in [-0.05, 0) is 58.6 Å². The summed E-state index contributed by atoms with van der Waals surface area (Å²) in [5.74, 6) is 0.860. The van der Waals surface area contributed by atoms with Gasteiger partial charge < -0.3 is 10.1 Å². The van der Waals surface area contributed by atoms with E-state index >= 15 is 0 Å². The predicted molar refractivity (Wildman–Crippen MR) is 117 cm³/mol. The number of para-hydroxylation sites is 1. The fourth-order valence-corrected chi connectivity index (χ4v) is 4.89. The van der Waals surface area contributed by atoms with Crippen LogP contribution in [0.25, 0.3) is 11.0 Å². The van der Waals surface area contributed by atoms with Crippen LogP contribution < -0.4 is 15.7 Å². The third-order valence-electron chi connectivity index (χ3n) is 5.96. The van der Waals surface area contributed by atoms with Crippen molar-refractivity contribution in [3.05, 3.63) is 63.0 Å². The molecule has 2 fully saturated rings. The lowest BCUT2D eigenvalue weighted by Crippen LogP contribution is -2.50. The minimum atomic E-state index is -0.0184. The van der Waals surface area contributed by atoms with Gasteiger partial charge in [0.1, 0.15) is 11.9 Å². The number of nitrogens with zero attached hydrogens (tertiary/aromatic N) is 3. The molecule has 1 atom stereocenters. The number of piperazine rings is 1. The number of fused-ring (bicyclic) bond motifs is 1. The molecule has 2 aliphatic rings. The Balaban J connectivity index is 1.56. The van der Waals surface area contributed by atoms with Crippen LogP contribution in [0.1, 0.15) is 30.6 Å². The first-order valence-corrected chi connectivity index (χ1v) is 11.0. The molecule has 1 saturated carbocycles. The lowest BCUT2D eigenvalue weighted by molar-refractivity contribution is 0.101. The molecule has 1 aliphatic carbocycles. The van der Waals surface area contributed by atoms with Crippen LogP contribution in [0.3, 0.4) is 0 Å². The van der Waals surface area contributed by atoms with E-state index in [2.05, 4.69) is 44.3 Å². The quantitative estimate of drug-likeness (QED) is 0.637. The molecule has 6 nitrogen and oxygen atoms in total. The molecule has 1 N–H and O–H groups in total. The molecule has 2 aromatic carbocycles. The molecule has 0 radical (unpaired) electrons. The molecule has 5 rings (SSSR count). The fraction of sp³-hybridized carbons (Fsp3) is 0.409. The molecule has 29 heavy (non-hydrogen) atoms. The van der Waals surface area contributed by atoms with Gasteiger partial charge in [0, 0.05) is 36.7 Å². The minimum absolute atomic E-state index is 0.0184. The zero-order valence-corrected chi connectivity index (χ0v) is 18.1. The number of hydrogen-bond donors (Lipinski definition) is 1. The van der Waals surface area contributed by atoms with Crippen molar-refractivity contribution in [2.75, 3.05) is 26.7 Å². The van der Waals surface area contributed by atoms with E-state index in [1.165, 1.54) is 5.56 Å². The Morgan fingerprint density at radius 3 is 2.66 bits per heavy atom. The molecule has 7 heteroatoms. The highest BCUT2D eigenvalue weighted by Gasteiger charge is 2.33. The maximum Gasteiger partial charge on any atom is 0.330 e. The van der Waals surface area contributed by atoms with Crippen molar-refractivity contribution < 1.29 is 4.74 Å². The summed E-state index contributed by atoms with van der Waals surface area (Å²) in [5.41, 5.74) is 3.35. The second-order valence-corrected chi connectivity index (χ2v) is 8.72. The molecular formula is C22H25BrN4O2. The van der Waals surface area contributed by atoms with Crippen LogP contribution in [-0.2, 0) is 6.54 Å². The van der Waals surface area contributed by atoms with Crippen LogP contribution in [0, 0.1) is 0 Å². The number of rotatable bonds is 5. The summed E-state index contributed by atoms with van der Waals surface area (Å²) in [6.45, 7) is 3.37. The summed E-state index contributed by atoms with van der Waals surface area (Å²) in [7, 11) is 1.68. The maximum atomic E-state index is 13.5. The Hall–Kier alpha value is -2.09. The zero-order valence-electron chi connectivity index (χ0n) is 16.5. The van der Waals surface area contributed by atoms with Crippen LogP contribution in [0.2, 0.25) is 0 Å². The van der Waals surface area contributed by atoms with Gasteiger partial charge in [0.15, 0.2) is 0 Å². The predicted octanol–water partition coefficient (Wildman–Crippen LogP) is 3.51. The van der Waals surface area contributed by atoms with Crippen LogP contribution >= 0.6 is 15.9 Å². The highest BCUT2D eigenvalue weighted by Crippen LogP contribution is 2.39. The van der Waals surface area contributed by atoms with E-state index < -0.39 is 0 Å². The number of halogens is 1. The number of imidazole rings is 1. The summed E-state index contributed by atoms with van der Waals surface area (Å²) in [6.07, 6.45) is 2.15. The first kappa shape index (κ1) is 18.9. The first-order chi connectivity index (χ1) is 14.2. The van der Waals surface area contributed by atoms with Gasteiger partial charge in [0.2, 0.25) is 0 Å². The number of ether oxygens (including phenoxy) is 1. The second-order valence-electron chi connectivity index (χ2n) is 7.86. The highest BCUT2D eigenvalue weighted by molar-refractivity contribution is 9.10. The molecular weight excluding hydrogens is 432 g/mol. The van der Waals surface area contributed by atoms with E-state index in [0.29, 0.717) is 6.04 Å². The largest absolute Gasteiger partial charge is 0.497 e. The van der Waals surface area contributed by atoms with Gasteiger partial charge in [-0.1, -0.05) is 18.2 Å². The summed E-state index contributed by atoms with van der Waals surface area (Å²) in [6, 6.07) is 14.6. The van der Waals surface area contributed by atoms with Gasteiger partial charge in [0.05, 0.1) is 18.1 Å². The summed E-state index contributed by atoms with van der Waals surface area (Å²) in [5, 5.41) is 3.49. The zero-order chi connectivity index (χ0) is 20.0.